The molecule has 0 aliphatic rings. The van der Waals surface area contributed by atoms with Crippen molar-refractivity contribution < 1.29 is 23.2 Å². The third-order valence-corrected chi connectivity index (χ3v) is 4.45. The van der Waals surface area contributed by atoms with E-state index in [0.717, 1.165) is 38.5 Å². The topological polar surface area (TPSA) is 98.1 Å². The average molecular weight is 325 g/mol. The quantitative estimate of drug-likeness (QED) is 0.441. The zero-order chi connectivity index (χ0) is 16.3. The molecule has 2 unspecified atom stereocenters. The molecule has 0 aromatic rings. The van der Waals surface area contributed by atoms with Gasteiger partial charge in [0.15, 0.2) is 0 Å². The van der Waals surface area contributed by atoms with Gasteiger partial charge in [0.25, 0.3) is 10.1 Å². The highest BCUT2D eigenvalue weighted by Gasteiger charge is 2.26. The summed E-state index contributed by atoms with van der Waals surface area (Å²) in [6.45, 7) is 4.08. The lowest BCUT2D eigenvalue weighted by molar-refractivity contribution is 0.0463. The number of unbranched alkanes of at least 4 members (excludes halogenated alkanes) is 2. The lowest BCUT2D eigenvalue weighted by Gasteiger charge is -2.36. The van der Waals surface area contributed by atoms with Crippen molar-refractivity contribution in [1.82, 2.24) is 4.90 Å². The fourth-order valence-corrected chi connectivity index (χ4v) is 2.93. The summed E-state index contributed by atoms with van der Waals surface area (Å²) in [5, 5.41) is 19.2. The highest BCUT2D eigenvalue weighted by molar-refractivity contribution is 7.85. The molecule has 0 amide bonds. The highest BCUT2D eigenvalue weighted by atomic mass is 32.2. The SMILES string of the molecule is CCCCC(CO)N(CCS(=O)(=O)O)C(CO)CCCC. The van der Waals surface area contributed by atoms with Gasteiger partial charge in [-0.3, -0.25) is 9.45 Å². The van der Waals surface area contributed by atoms with Crippen LogP contribution in [0.1, 0.15) is 52.4 Å². The first kappa shape index (κ1) is 20.8. The molecule has 0 radical (unpaired) electrons. The Hall–Kier alpha value is -0.210. The van der Waals surface area contributed by atoms with Crippen molar-refractivity contribution in [3.63, 3.8) is 0 Å². The van der Waals surface area contributed by atoms with Crippen LogP contribution in [-0.4, -0.2) is 65.7 Å². The van der Waals surface area contributed by atoms with E-state index in [1.807, 2.05) is 4.90 Å². The first-order valence-corrected chi connectivity index (χ1v) is 9.43. The molecule has 6 nitrogen and oxygen atoms in total. The smallest absolute Gasteiger partial charge is 0.266 e. The third kappa shape index (κ3) is 9.42. The van der Waals surface area contributed by atoms with Gasteiger partial charge in [-0.15, -0.1) is 0 Å². The first-order valence-electron chi connectivity index (χ1n) is 7.82. The predicted molar refractivity (Wildman–Crippen MR) is 83.9 cm³/mol. The Labute approximate surface area is 128 Å². The molecule has 0 aromatic heterocycles. The summed E-state index contributed by atoms with van der Waals surface area (Å²) in [4.78, 5) is 1.85. The van der Waals surface area contributed by atoms with Crippen molar-refractivity contribution in [2.24, 2.45) is 0 Å². The van der Waals surface area contributed by atoms with Crippen LogP contribution < -0.4 is 0 Å². The van der Waals surface area contributed by atoms with Gasteiger partial charge in [0.2, 0.25) is 0 Å². The van der Waals surface area contributed by atoms with Crippen LogP contribution in [0.4, 0.5) is 0 Å². The maximum absolute atomic E-state index is 11.0. The molecule has 0 saturated heterocycles. The van der Waals surface area contributed by atoms with Crippen molar-refractivity contribution in [2.45, 2.75) is 64.5 Å². The standard InChI is InChI=1S/C14H31NO5S/c1-3-5-7-13(11-16)15(9-10-21(18,19)20)14(12-17)8-6-4-2/h13-14,16-17H,3-12H2,1-2H3,(H,18,19,20). The molecule has 0 aromatic carbocycles. The zero-order valence-electron chi connectivity index (χ0n) is 13.2. The number of hydrogen-bond donors (Lipinski definition) is 3. The second-order valence-corrected chi connectivity index (χ2v) is 7.05. The number of rotatable bonds is 13. The van der Waals surface area contributed by atoms with Crippen molar-refractivity contribution in [3.05, 3.63) is 0 Å². The van der Waals surface area contributed by atoms with Crippen LogP contribution >= 0.6 is 0 Å². The summed E-state index contributed by atoms with van der Waals surface area (Å²) in [5.41, 5.74) is 0. The van der Waals surface area contributed by atoms with Gasteiger partial charge in [-0.2, -0.15) is 8.42 Å². The third-order valence-electron chi connectivity index (χ3n) is 3.75. The molecule has 0 fully saturated rings. The molecule has 0 saturated carbocycles. The van der Waals surface area contributed by atoms with Crippen molar-refractivity contribution in [1.29, 1.82) is 0 Å². The summed E-state index contributed by atoms with van der Waals surface area (Å²) < 4.78 is 30.9. The summed E-state index contributed by atoms with van der Waals surface area (Å²) in [7, 11) is -4.05. The van der Waals surface area contributed by atoms with E-state index in [1.54, 1.807) is 0 Å². The van der Waals surface area contributed by atoms with Gasteiger partial charge in [0, 0.05) is 18.6 Å². The van der Waals surface area contributed by atoms with Crippen molar-refractivity contribution in [2.75, 3.05) is 25.5 Å². The van der Waals surface area contributed by atoms with Crippen LogP contribution in [0.2, 0.25) is 0 Å². The maximum atomic E-state index is 11.0. The Morgan fingerprint density at radius 2 is 1.38 bits per heavy atom. The van der Waals surface area contributed by atoms with Gasteiger partial charge in [-0.05, 0) is 12.8 Å². The van der Waals surface area contributed by atoms with E-state index in [-0.39, 0.29) is 37.6 Å². The first-order chi connectivity index (χ1) is 9.89. The predicted octanol–water partition coefficient (Wildman–Crippen LogP) is 1.28. The minimum atomic E-state index is -4.05. The second-order valence-electron chi connectivity index (χ2n) is 5.48. The van der Waals surface area contributed by atoms with E-state index < -0.39 is 10.1 Å². The lowest BCUT2D eigenvalue weighted by Crippen LogP contribution is -2.48. The molecule has 0 rings (SSSR count). The van der Waals surface area contributed by atoms with Gasteiger partial charge in [0.05, 0.1) is 19.0 Å². The van der Waals surface area contributed by atoms with Gasteiger partial charge in [-0.25, -0.2) is 0 Å². The van der Waals surface area contributed by atoms with Gasteiger partial charge < -0.3 is 10.2 Å². The minimum absolute atomic E-state index is 0.0753. The molecule has 0 aliphatic carbocycles. The van der Waals surface area contributed by atoms with Gasteiger partial charge >= 0.3 is 0 Å². The van der Waals surface area contributed by atoms with Crippen molar-refractivity contribution in [3.8, 4) is 0 Å². The van der Waals surface area contributed by atoms with E-state index in [1.165, 1.54) is 0 Å². The molecular weight excluding hydrogens is 294 g/mol. The molecule has 0 spiro atoms. The molecule has 0 aliphatic heterocycles. The van der Waals surface area contributed by atoms with Gasteiger partial charge in [0.1, 0.15) is 0 Å². The van der Waals surface area contributed by atoms with E-state index in [2.05, 4.69) is 13.8 Å². The Kier molecular flexibility index (Phi) is 11.3. The van der Waals surface area contributed by atoms with Gasteiger partial charge in [-0.1, -0.05) is 39.5 Å². The molecule has 128 valence electrons. The molecule has 7 heteroatoms. The van der Waals surface area contributed by atoms with E-state index in [0.29, 0.717) is 0 Å². The molecule has 0 bridgehead atoms. The number of aliphatic hydroxyl groups excluding tert-OH is 2. The summed E-state index contributed by atoms with van der Waals surface area (Å²) in [5.74, 6) is -0.377. The Balaban J connectivity index is 4.92. The highest BCUT2D eigenvalue weighted by Crippen LogP contribution is 2.16. The molecule has 21 heavy (non-hydrogen) atoms. The van der Waals surface area contributed by atoms with Crippen LogP contribution in [-0.2, 0) is 10.1 Å². The Morgan fingerprint density at radius 3 is 1.67 bits per heavy atom. The fraction of sp³-hybridized carbons (Fsp3) is 1.00. The monoisotopic (exact) mass is 325 g/mol. The van der Waals surface area contributed by atoms with Crippen LogP contribution in [0.3, 0.4) is 0 Å². The van der Waals surface area contributed by atoms with Crippen LogP contribution in [0, 0.1) is 0 Å². The van der Waals surface area contributed by atoms with Crippen molar-refractivity contribution >= 4 is 10.1 Å². The molecular formula is C14H31NO5S. The van der Waals surface area contributed by atoms with Crippen LogP contribution in [0.15, 0.2) is 0 Å². The summed E-state index contributed by atoms with van der Waals surface area (Å²) >= 11 is 0. The van der Waals surface area contributed by atoms with E-state index in [4.69, 9.17) is 4.55 Å². The largest absolute Gasteiger partial charge is 0.395 e. The molecule has 0 heterocycles. The average Bonchev–Trinajstić information content (AvgIpc) is 2.43. The second kappa shape index (κ2) is 11.4. The van der Waals surface area contributed by atoms with Crippen LogP contribution in [0.5, 0.6) is 0 Å². The van der Waals surface area contributed by atoms with Crippen LogP contribution in [0.25, 0.3) is 0 Å². The zero-order valence-corrected chi connectivity index (χ0v) is 14.1. The molecule has 3 N–H and O–H groups in total. The van der Waals surface area contributed by atoms with E-state index in [9.17, 15) is 18.6 Å². The minimum Gasteiger partial charge on any atom is -0.395 e. The molecule has 2 atom stereocenters. The Bertz CT molecular complexity index is 331. The number of nitrogens with zero attached hydrogens (tertiary/aromatic N) is 1. The number of hydrogen-bond acceptors (Lipinski definition) is 5. The Morgan fingerprint density at radius 1 is 0.952 bits per heavy atom. The summed E-state index contributed by atoms with van der Waals surface area (Å²) in [6.07, 6.45) is 5.34. The maximum Gasteiger partial charge on any atom is 0.266 e. The number of aliphatic hydroxyl groups is 2. The lowest BCUT2D eigenvalue weighted by atomic mass is 10.0. The summed E-state index contributed by atoms with van der Waals surface area (Å²) in [6, 6.07) is -0.360. The fourth-order valence-electron chi connectivity index (χ4n) is 2.49. The normalized spacial score (nSPS) is 15.3. The van der Waals surface area contributed by atoms with E-state index >= 15 is 0 Å².